The molecule has 0 saturated heterocycles. The zero-order valence-corrected chi connectivity index (χ0v) is 11.1. The Bertz CT molecular complexity index is 438. The highest BCUT2D eigenvalue weighted by atomic mass is 19.4. The molecule has 0 heterocycles. The summed E-state index contributed by atoms with van der Waals surface area (Å²) >= 11 is 0. The molecule has 0 radical (unpaired) electrons. The van der Waals surface area contributed by atoms with Crippen LogP contribution in [0.15, 0.2) is 30.3 Å². The van der Waals surface area contributed by atoms with E-state index in [4.69, 9.17) is 0 Å². The molecule has 2 rings (SSSR count). The molecule has 1 saturated carbocycles. The summed E-state index contributed by atoms with van der Waals surface area (Å²) in [6, 6.07) is 6.29. The lowest BCUT2D eigenvalue weighted by Crippen LogP contribution is -2.50. The third kappa shape index (κ3) is 3.74. The molecule has 0 aromatic heterocycles. The quantitative estimate of drug-likeness (QED) is 0.895. The fourth-order valence-corrected chi connectivity index (χ4v) is 2.75. The van der Waals surface area contributed by atoms with Gasteiger partial charge in [-0.05, 0) is 30.9 Å². The van der Waals surface area contributed by atoms with Gasteiger partial charge in [-0.2, -0.15) is 13.2 Å². The Morgan fingerprint density at radius 3 is 2.25 bits per heavy atom. The van der Waals surface area contributed by atoms with Crippen LogP contribution in [0, 0.1) is 5.92 Å². The van der Waals surface area contributed by atoms with Gasteiger partial charge >= 0.3 is 6.18 Å². The van der Waals surface area contributed by atoms with Gasteiger partial charge in [-0.3, -0.25) is 4.79 Å². The Labute approximate surface area is 116 Å². The number of carbonyl (C=O) groups is 1. The number of amides is 1. The van der Waals surface area contributed by atoms with Crippen LogP contribution in [0.3, 0.4) is 0 Å². The van der Waals surface area contributed by atoms with Gasteiger partial charge in [-0.1, -0.05) is 37.5 Å². The van der Waals surface area contributed by atoms with Gasteiger partial charge in [0.15, 0.2) is 0 Å². The molecule has 1 aromatic carbocycles. The third-order valence-corrected chi connectivity index (χ3v) is 3.80. The molecule has 1 aliphatic carbocycles. The van der Waals surface area contributed by atoms with Crippen LogP contribution in [0.1, 0.15) is 42.5 Å². The molecule has 0 bridgehead atoms. The summed E-state index contributed by atoms with van der Waals surface area (Å²) in [7, 11) is 0. The van der Waals surface area contributed by atoms with Crippen molar-refractivity contribution in [2.24, 2.45) is 5.92 Å². The second kappa shape index (κ2) is 6.29. The van der Waals surface area contributed by atoms with Crippen molar-refractivity contribution in [2.75, 3.05) is 0 Å². The second-order valence-electron chi connectivity index (χ2n) is 5.26. The summed E-state index contributed by atoms with van der Waals surface area (Å²) in [6.45, 7) is 0. The van der Waals surface area contributed by atoms with Crippen molar-refractivity contribution in [1.29, 1.82) is 0 Å². The van der Waals surface area contributed by atoms with E-state index < -0.39 is 24.0 Å². The molecule has 0 aliphatic heterocycles. The first-order valence-corrected chi connectivity index (χ1v) is 6.91. The first kappa shape index (κ1) is 14.9. The van der Waals surface area contributed by atoms with Crippen LogP contribution in [-0.4, -0.2) is 18.1 Å². The van der Waals surface area contributed by atoms with E-state index in [-0.39, 0.29) is 5.56 Å². The molecule has 5 heteroatoms. The van der Waals surface area contributed by atoms with Gasteiger partial charge < -0.3 is 5.32 Å². The highest BCUT2D eigenvalue weighted by molar-refractivity contribution is 5.94. The van der Waals surface area contributed by atoms with Gasteiger partial charge in [0.1, 0.15) is 6.04 Å². The van der Waals surface area contributed by atoms with Gasteiger partial charge in [-0.15, -0.1) is 0 Å². The molecule has 1 aromatic rings. The molecular formula is C15H18F3NO. The zero-order chi connectivity index (χ0) is 14.6. The minimum atomic E-state index is -4.40. The minimum absolute atomic E-state index is 0.262. The predicted octanol–water partition coefficient (Wildman–Crippen LogP) is 3.93. The van der Waals surface area contributed by atoms with Gasteiger partial charge in [0.25, 0.3) is 5.91 Å². The average Bonchev–Trinajstić information content (AvgIpc) is 2.45. The van der Waals surface area contributed by atoms with Crippen molar-refractivity contribution in [3.8, 4) is 0 Å². The Balaban J connectivity index is 2.10. The minimum Gasteiger partial charge on any atom is -0.340 e. The SMILES string of the molecule is O=C(N[C@H](C1CCCCC1)C(F)(F)F)c1ccccc1. The standard InChI is InChI=1S/C15H18F3NO/c16-15(17,18)13(11-7-3-1-4-8-11)19-14(20)12-9-5-2-6-10-12/h2,5-6,9-11,13H,1,3-4,7-8H2,(H,19,20)/t13-/m1/s1. The van der Waals surface area contributed by atoms with Gasteiger partial charge in [-0.25, -0.2) is 0 Å². The van der Waals surface area contributed by atoms with Crippen molar-refractivity contribution in [3.05, 3.63) is 35.9 Å². The van der Waals surface area contributed by atoms with Crippen molar-refractivity contribution in [1.82, 2.24) is 5.32 Å². The fourth-order valence-electron chi connectivity index (χ4n) is 2.75. The summed E-state index contributed by atoms with van der Waals surface area (Å²) in [5.41, 5.74) is 0.262. The molecule has 1 fully saturated rings. The van der Waals surface area contributed by atoms with E-state index in [1.165, 1.54) is 12.1 Å². The molecule has 110 valence electrons. The number of hydrogen-bond acceptors (Lipinski definition) is 1. The van der Waals surface area contributed by atoms with Crippen LogP contribution < -0.4 is 5.32 Å². The number of carbonyl (C=O) groups excluding carboxylic acids is 1. The topological polar surface area (TPSA) is 29.1 Å². The van der Waals surface area contributed by atoms with E-state index in [0.29, 0.717) is 12.8 Å². The maximum atomic E-state index is 13.2. The highest BCUT2D eigenvalue weighted by Gasteiger charge is 2.45. The number of benzene rings is 1. The second-order valence-corrected chi connectivity index (χ2v) is 5.26. The monoisotopic (exact) mass is 285 g/mol. The van der Waals surface area contributed by atoms with Gasteiger partial charge in [0.2, 0.25) is 0 Å². The first-order valence-electron chi connectivity index (χ1n) is 6.91. The van der Waals surface area contributed by atoms with Gasteiger partial charge in [0.05, 0.1) is 0 Å². The van der Waals surface area contributed by atoms with E-state index in [1.807, 2.05) is 0 Å². The summed E-state index contributed by atoms with van der Waals surface area (Å²) in [6.07, 6.45) is -0.754. The third-order valence-electron chi connectivity index (χ3n) is 3.80. The maximum absolute atomic E-state index is 13.2. The smallest absolute Gasteiger partial charge is 0.340 e. The van der Waals surface area contributed by atoms with E-state index in [1.54, 1.807) is 18.2 Å². The largest absolute Gasteiger partial charge is 0.408 e. The fraction of sp³-hybridized carbons (Fsp3) is 0.533. The Kier molecular flexibility index (Phi) is 4.68. The van der Waals surface area contributed by atoms with E-state index in [9.17, 15) is 18.0 Å². The molecule has 1 amide bonds. The van der Waals surface area contributed by atoms with Crippen molar-refractivity contribution in [3.63, 3.8) is 0 Å². The Hall–Kier alpha value is -1.52. The summed E-state index contributed by atoms with van der Waals surface area (Å²) in [5.74, 6) is -1.16. The predicted molar refractivity (Wildman–Crippen MR) is 70.3 cm³/mol. The maximum Gasteiger partial charge on any atom is 0.408 e. The molecular weight excluding hydrogens is 267 g/mol. The summed E-state index contributed by atoms with van der Waals surface area (Å²) in [4.78, 5) is 11.9. The van der Waals surface area contributed by atoms with Crippen LogP contribution in [0.2, 0.25) is 0 Å². The lowest BCUT2D eigenvalue weighted by molar-refractivity contribution is -0.167. The molecule has 0 spiro atoms. The van der Waals surface area contributed by atoms with Crippen molar-refractivity contribution in [2.45, 2.75) is 44.3 Å². The number of alkyl halides is 3. The molecule has 0 unspecified atom stereocenters. The summed E-state index contributed by atoms with van der Waals surface area (Å²) < 4.78 is 39.5. The van der Waals surface area contributed by atoms with Crippen LogP contribution in [-0.2, 0) is 0 Å². The summed E-state index contributed by atoms with van der Waals surface area (Å²) in [5, 5.41) is 2.18. The Morgan fingerprint density at radius 2 is 1.70 bits per heavy atom. The van der Waals surface area contributed by atoms with Gasteiger partial charge in [0, 0.05) is 5.56 Å². The van der Waals surface area contributed by atoms with Crippen LogP contribution in [0.5, 0.6) is 0 Å². The normalized spacial score (nSPS) is 18.6. The first-order chi connectivity index (χ1) is 9.48. The molecule has 2 nitrogen and oxygen atoms in total. The molecule has 1 aliphatic rings. The average molecular weight is 285 g/mol. The van der Waals surface area contributed by atoms with Crippen LogP contribution >= 0.6 is 0 Å². The van der Waals surface area contributed by atoms with E-state index in [2.05, 4.69) is 5.32 Å². The molecule has 1 N–H and O–H groups in total. The van der Waals surface area contributed by atoms with Crippen LogP contribution in [0.4, 0.5) is 13.2 Å². The molecule has 20 heavy (non-hydrogen) atoms. The molecule has 1 atom stereocenters. The lowest BCUT2D eigenvalue weighted by atomic mass is 9.83. The number of rotatable bonds is 3. The van der Waals surface area contributed by atoms with E-state index >= 15 is 0 Å². The Morgan fingerprint density at radius 1 is 1.10 bits per heavy atom. The zero-order valence-electron chi connectivity index (χ0n) is 11.1. The highest BCUT2D eigenvalue weighted by Crippen LogP contribution is 2.34. The van der Waals surface area contributed by atoms with Crippen molar-refractivity contribution < 1.29 is 18.0 Å². The number of nitrogens with one attached hydrogen (secondary N) is 1. The number of halogens is 3. The van der Waals surface area contributed by atoms with Crippen LogP contribution in [0.25, 0.3) is 0 Å². The lowest BCUT2D eigenvalue weighted by Gasteiger charge is -2.32. The number of hydrogen-bond donors (Lipinski definition) is 1. The van der Waals surface area contributed by atoms with Crippen molar-refractivity contribution >= 4 is 5.91 Å². The van der Waals surface area contributed by atoms with E-state index in [0.717, 1.165) is 19.3 Å².